The van der Waals surface area contributed by atoms with E-state index in [-0.39, 0.29) is 4.90 Å². The molecule has 2 rings (SSSR count). The molecular weight excluding hydrogens is 388 g/mol. The number of sulfonamides is 1. The van der Waals surface area contributed by atoms with E-state index < -0.39 is 34.6 Å². The maximum atomic E-state index is 12.1. The van der Waals surface area contributed by atoms with Crippen LogP contribution in [0.2, 0.25) is 0 Å². The summed E-state index contributed by atoms with van der Waals surface area (Å²) in [6.07, 6.45) is -1.09. The molecule has 0 unspecified atom stereocenters. The fourth-order valence-electron chi connectivity index (χ4n) is 2.13. The lowest BCUT2D eigenvalue weighted by atomic mass is 10.3. The first-order valence-electron chi connectivity index (χ1n) is 8.09. The van der Waals surface area contributed by atoms with Crippen molar-refractivity contribution in [1.29, 1.82) is 0 Å². The van der Waals surface area contributed by atoms with Gasteiger partial charge in [0.05, 0.1) is 12.0 Å². The number of methoxy groups -OCH3 is 1. The summed E-state index contributed by atoms with van der Waals surface area (Å²) in [6, 6.07) is 12.0. The lowest BCUT2D eigenvalue weighted by Crippen LogP contribution is -2.31. The van der Waals surface area contributed by atoms with E-state index in [1.165, 1.54) is 38.3 Å². The number of carbonyl (C=O) groups excluding carboxylic acids is 2. The Bertz CT molecular complexity index is 943. The van der Waals surface area contributed by atoms with E-state index in [1.807, 2.05) is 0 Å². The molecular formula is C18H20N2O7S. The summed E-state index contributed by atoms with van der Waals surface area (Å²) in [5.74, 6) is -0.495. The molecule has 10 heteroatoms. The molecule has 0 aliphatic carbocycles. The van der Waals surface area contributed by atoms with Gasteiger partial charge in [0.25, 0.3) is 5.91 Å². The summed E-state index contributed by atoms with van der Waals surface area (Å²) in [5.41, 5.74) is 0.325. The molecule has 9 nitrogen and oxygen atoms in total. The van der Waals surface area contributed by atoms with E-state index in [0.717, 1.165) is 0 Å². The standard InChI is InChI=1S/C18H20N2O7S/c1-12(18(22)20-13-7-9-14(10-8-13)28(19,23)24)27-17(21)11-26-16-6-4-3-5-15(16)25-2/h3-10,12H,11H2,1-2H3,(H,20,22)(H2,19,23,24)/t12-/m1/s1. The molecule has 0 heterocycles. The molecule has 0 aromatic heterocycles. The lowest BCUT2D eigenvalue weighted by Gasteiger charge is -2.14. The van der Waals surface area contributed by atoms with Crippen LogP contribution in [0.5, 0.6) is 11.5 Å². The molecule has 2 aromatic rings. The Morgan fingerprint density at radius 3 is 2.25 bits per heavy atom. The van der Waals surface area contributed by atoms with Crippen molar-refractivity contribution in [2.75, 3.05) is 19.0 Å². The summed E-state index contributed by atoms with van der Waals surface area (Å²) >= 11 is 0. The van der Waals surface area contributed by atoms with Crippen LogP contribution in [-0.2, 0) is 24.3 Å². The molecule has 0 aliphatic heterocycles. The van der Waals surface area contributed by atoms with Crippen LogP contribution in [0, 0.1) is 0 Å². The molecule has 0 saturated carbocycles. The zero-order chi connectivity index (χ0) is 20.7. The van der Waals surface area contributed by atoms with Crippen LogP contribution in [0.4, 0.5) is 5.69 Å². The van der Waals surface area contributed by atoms with Crippen LogP contribution in [0.1, 0.15) is 6.92 Å². The zero-order valence-corrected chi connectivity index (χ0v) is 16.1. The number of hydrogen-bond acceptors (Lipinski definition) is 7. The number of benzene rings is 2. The quantitative estimate of drug-likeness (QED) is 0.629. The number of nitrogens with one attached hydrogen (secondary N) is 1. The van der Waals surface area contributed by atoms with Crippen molar-refractivity contribution in [2.45, 2.75) is 17.9 Å². The highest BCUT2D eigenvalue weighted by Gasteiger charge is 2.19. The minimum Gasteiger partial charge on any atom is -0.493 e. The number of amides is 1. The molecule has 0 bridgehead atoms. The summed E-state index contributed by atoms with van der Waals surface area (Å²) < 4.78 is 37.9. The Hall–Kier alpha value is -3.11. The van der Waals surface area contributed by atoms with Crippen LogP contribution >= 0.6 is 0 Å². The van der Waals surface area contributed by atoms with E-state index >= 15 is 0 Å². The maximum Gasteiger partial charge on any atom is 0.344 e. The van der Waals surface area contributed by atoms with Crippen LogP contribution in [-0.4, -0.2) is 40.1 Å². The van der Waals surface area contributed by atoms with Crippen molar-refractivity contribution in [1.82, 2.24) is 0 Å². The molecule has 0 aliphatic rings. The van der Waals surface area contributed by atoms with Gasteiger partial charge in [0.2, 0.25) is 10.0 Å². The van der Waals surface area contributed by atoms with E-state index in [1.54, 1.807) is 24.3 Å². The first kappa shape index (κ1) is 21.2. The van der Waals surface area contributed by atoms with E-state index in [2.05, 4.69) is 5.32 Å². The minimum atomic E-state index is -3.82. The van der Waals surface area contributed by atoms with Crippen molar-refractivity contribution in [3.8, 4) is 11.5 Å². The second-order valence-electron chi connectivity index (χ2n) is 5.63. The highest BCUT2D eigenvalue weighted by atomic mass is 32.2. The fourth-order valence-corrected chi connectivity index (χ4v) is 2.65. The number of carbonyl (C=O) groups is 2. The summed E-state index contributed by atoms with van der Waals surface area (Å²) in [6.45, 7) is 0.996. The van der Waals surface area contributed by atoms with Crippen LogP contribution in [0.3, 0.4) is 0 Å². The number of rotatable bonds is 8. The Kier molecular flexibility index (Phi) is 6.96. The number of hydrogen-bond donors (Lipinski definition) is 2. The van der Waals surface area contributed by atoms with Crippen LogP contribution in [0.25, 0.3) is 0 Å². The minimum absolute atomic E-state index is 0.0848. The van der Waals surface area contributed by atoms with Gasteiger partial charge in [0.15, 0.2) is 24.2 Å². The third-order valence-electron chi connectivity index (χ3n) is 3.54. The van der Waals surface area contributed by atoms with Crippen LogP contribution in [0.15, 0.2) is 53.4 Å². The fraction of sp³-hybridized carbons (Fsp3) is 0.222. The average molecular weight is 408 g/mol. The molecule has 0 saturated heterocycles. The Balaban J connectivity index is 1.86. The van der Waals surface area contributed by atoms with Gasteiger partial charge in [-0.2, -0.15) is 0 Å². The van der Waals surface area contributed by atoms with Crippen molar-refractivity contribution in [3.05, 3.63) is 48.5 Å². The molecule has 1 amide bonds. The van der Waals surface area contributed by atoms with Crippen molar-refractivity contribution < 1.29 is 32.2 Å². The highest BCUT2D eigenvalue weighted by Crippen LogP contribution is 2.25. The van der Waals surface area contributed by atoms with Gasteiger partial charge in [-0.25, -0.2) is 18.4 Å². The molecule has 2 aromatic carbocycles. The van der Waals surface area contributed by atoms with Crippen LogP contribution < -0.4 is 19.9 Å². The Morgan fingerprint density at radius 2 is 1.68 bits per heavy atom. The SMILES string of the molecule is COc1ccccc1OCC(=O)O[C@H](C)C(=O)Nc1ccc(S(N)(=O)=O)cc1. The maximum absolute atomic E-state index is 12.1. The topological polar surface area (TPSA) is 134 Å². The smallest absolute Gasteiger partial charge is 0.344 e. The number of esters is 1. The Morgan fingerprint density at radius 1 is 1.07 bits per heavy atom. The molecule has 0 fully saturated rings. The normalized spacial score (nSPS) is 12.0. The van der Waals surface area contributed by atoms with Gasteiger partial charge in [-0.15, -0.1) is 0 Å². The summed E-state index contributed by atoms with van der Waals surface area (Å²) in [7, 11) is -2.34. The number of para-hydroxylation sites is 2. The average Bonchev–Trinajstić information content (AvgIpc) is 2.66. The first-order chi connectivity index (χ1) is 13.2. The van der Waals surface area contributed by atoms with E-state index in [9.17, 15) is 18.0 Å². The molecule has 150 valence electrons. The predicted octanol–water partition coefficient (Wildman–Crippen LogP) is 1.29. The molecule has 3 N–H and O–H groups in total. The highest BCUT2D eigenvalue weighted by molar-refractivity contribution is 7.89. The van der Waals surface area contributed by atoms with Gasteiger partial charge in [-0.05, 0) is 43.3 Å². The third-order valence-corrected chi connectivity index (χ3v) is 4.47. The first-order valence-corrected chi connectivity index (χ1v) is 9.64. The monoisotopic (exact) mass is 408 g/mol. The lowest BCUT2D eigenvalue weighted by molar-refractivity contribution is -0.155. The number of nitrogens with two attached hydrogens (primary N) is 1. The van der Waals surface area contributed by atoms with Gasteiger partial charge >= 0.3 is 5.97 Å². The number of ether oxygens (including phenoxy) is 3. The van der Waals surface area contributed by atoms with Gasteiger partial charge in [0.1, 0.15) is 0 Å². The molecule has 0 spiro atoms. The van der Waals surface area contributed by atoms with Gasteiger partial charge in [-0.3, -0.25) is 4.79 Å². The third kappa shape index (κ3) is 5.96. The molecule has 0 radical (unpaired) electrons. The second-order valence-corrected chi connectivity index (χ2v) is 7.19. The summed E-state index contributed by atoms with van der Waals surface area (Å²) in [5, 5.41) is 7.51. The van der Waals surface area contributed by atoms with E-state index in [4.69, 9.17) is 19.3 Å². The molecule has 1 atom stereocenters. The second kappa shape index (κ2) is 9.20. The zero-order valence-electron chi connectivity index (χ0n) is 15.2. The Labute approximate surface area is 162 Å². The number of primary sulfonamides is 1. The number of anilines is 1. The van der Waals surface area contributed by atoms with Crippen molar-refractivity contribution in [3.63, 3.8) is 0 Å². The summed E-state index contributed by atoms with van der Waals surface area (Å²) in [4.78, 5) is 23.9. The van der Waals surface area contributed by atoms with Crippen molar-refractivity contribution in [2.24, 2.45) is 5.14 Å². The van der Waals surface area contributed by atoms with Gasteiger partial charge < -0.3 is 19.5 Å². The van der Waals surface area contributed by atoms with Gasteiger partial charge in [0, 0.05) is 5.69 Å². The van der Waals surface area contributed by atoms with Crippen molar-refractivity contribution >= 4 is 27.6 Å². The predicted molar refractivity (Wildman–Crippen MR) is 100 cm³/mol. The van der Waals surface area contributed by atoms with E-state index in [0.29, 0.717) is 17.2 Å². The molecule has 28 heavy (non-hydrogen) atoms. The van der Waals surface area contributed by atoms with Gasteiger partial charge in [-0.1, -0.05) is 12.1 Å². The largest absolute Gasteiger partial charge is 0.493 e.